The molecular formula is C15H17Cl2NOS. The molecule has 2 aromatic rings. The number of hydrogen-bond acceptors (Lipinski definition) is 3. The molecule has 1 N–H and O–H groups in total. The second-order valence-corrected chi connectivity index (χ2v) is 6.60. The second kappa shape index (κ2) is 7.32. The Morgan fingerprint density at radius 3 is 2.65 bits per heavy atom. The van der Waals surface area contributed by atoms with Crippen molar-refractivity contribution in [3.8, 4) is 5.75 Å². The summed E-state index contributed by atoms with van der Waals surface area (Å²) in [4.78, 5) is 1.16. The van der Waals surface area contributed by atoms with E-state index in [9.17, 15) is 0 Å². The van der Waals surface area contributed by atoms with Crippen LogP contribution in [-0.4, -0.2) is 13.7 Å². The molecule has 0 aliphatic rings. The summed E-state index contributed by atoms with van der Waals surface area (Å²) in [5, 5.41) is 4.23. The lowest BCUT2D eigenvalue weighted by molar-refractivity contribution is 0.404. The Bertz CT molecular complexity index is 571. The minimum absolute atomic E-state index is 0.0427. The first-order chi connectivity index (χ1) is 9.65. The van der Waals surface area contributed by atoms with Crippen LogP contribution in [0, 0.1) is 0 Å². The summed E-state index contributed by atoms with van der Waals surface area (Å²) in [5.74, 6) is 0.826. The predicted molar refractivity (Wildman–Crippen MR) is 87.5 cm³/mol. The summed E-state index contributed by atoms with van der Waals surface area (Å²) in [6.07, 6.45) is 1.05. The predicted octanol–water partition coefficient (Wildman–Crippen LogP) is 5.15. The summed E-state index contributed by atoms with van der Waals surface area (Å²) in [6.45, 7) is 3.05. The van der Waals surface area contributed by atoms with Gasteiger partial charge in [-0.25, -0.2) is 0 Å². The molecule has 1 unspecified atom stereocenters. The van der Waals surface area contributed by atoms with Gasteiger partial charge in [0.25, 0.3) is 0 Å². The number of rotatable bonds is 6. The molecule has 0 radical (unpaired) electrons. The number of ether oxygens (including phenoxy) is 1. The summed E-state index contributed by atoms with van der Waals surface area (Å²) in [6, 6.07) is 9.68. The van der Waals surface area contributed by atoms with Gasteiger partial charge in [-0.05, 0) is 43.3 Å². The Kier molecular flexibility index (Phi) is 5.73. The molecule has 20 heavy (non-hydrogen) atoms. The van der Waals surface area contributed by atoms with E-state index in [2.05, 4.69) is 12.2 Å². The lowest BCUT2D eigenvalue weighted by atomic mass is 10.0. The van der Waals surface area contributed by atoms with E-state index in [1.165, 1.54) is 0 Å². The van der Waals surface area contributed by atoms with E-state index in [0.717, 1.165) is 33.5 Å². The zero-order valence-corrected chi connectivity index (χ0v) is 13.8. The molecule has 1 aromatic carbocycles. The van der Waals surface area contributed by atoms with E-state index in [1.54, 1.807) is 18.4 Å². The van der Waals surface area contributed by atoms with Crippen molar-refractivity contribution in [2.24, 2.45) is 0 Å². The Morgan fingerprint density at radius 2 is 2.05 bits per heavy atom. The van der Waals surface area contributed by atoms with Crippen molar-refractivity contribution in [3.05, 3.63) is 50.1 Å². The second-order valence-electron chi connectivity index (χ2n) is 4.42. The standard InChI is InChI=1S/C15H17Cl2NOS/c1-3-8-18-15(13-6-7-14(17)20-13)11-9-10(16)4-5-12(11)19-2/h4-7,9,15,18H,3,8H2,1-2H3. The van der Waals surface area contributed by atoms with Crippen LogP contribution in [0.1, 0.15) is 29.8 Å². The van der Waals surface area contributed by atoms with Crippen molar-refractivity contribution in [1.29, 1.82) is 0 Å². The van der Waals surface area contributed by atoms with Gasteiger partial charge in [0.1, 0.15) is 5.75 Å². The number of methoxy groups -OCH3 is 1. The van der Waals surface area contributed by atoms with Gasteiger partial charge in [-0.1, -0.05) is 30.1 Å². The molecule has 1 aromatic heterocycles. The Morgan fingerprint density at radius 1 is 1.25 bits per heavy atom. The molecule has 0 spiro atoms. The molecule has 0 fully saturated rings. The van der Waals surface area contributed by atoms with Crippen molar-refractivity contribution in [2.45, 2.75) is 19.4 Å². The van der Waals surface area contributed by atoms with E-state index < -0.39 is 0 Å². The van der Waals surface area contributed by atoms with Gasteiger partial charge in [0, 0.05) is 15.5 Å². The van der Waals surface area contributed by atoms with Crippen molar-refractivity contribution >= 4 is 34.5 Å². The first-order valence-corrected chi connectivity index (χ1v) is 8.05. The van der Waals surface area contributed by atoms with E-state index in [1.807, 2.05) is 30.3 Å². The van der Waals surface area contributed by atoms with Crippen molar-refractivity contribution in [2.75, 3.05) is 13.7 Å². The van der Waals surface area contributed by atoms with Gasteiger partial charge < -0.3 is 10.1 Å². The van der Waals surface area contributed by atoms with Gasteiger partial charge in [-0.3, -0.25) is 0 Å². The van der Waals surface area contributed by atoms with Crippen LogP contribution in [0.15, 0.2) is 30.3 Å². The maximum atomic E-state index is 6.14. The van der Waals surface area contributed by atoms with Gasteiger partial charge >= 0.3 is 0 Å². The normalized spacial score (nSPS) is 12.4. The maximum Gasteiger partial charge on any atom is 0.124 e. The highest BCUT2D eigenvalue weighted by molar-refractivity contribution is 7.16. The van der Waals surface area contributed by atoms with Crippen molar-refractivity contribution in [1.82, 2.24) is 5.32 Å². The van der Waals surface area contributed by atoms with E-state index >= 15 is 0 Å². The minimum atomic E-state index is 0.0427. The zero-order valence-electron chi connectivity index (χ0n) is 11.5. The van der Waals surface area contributed by atoms with Gasteiger partial charge in [0.05, 0.1) is 17.5 Å². The first kappa shape index (κ1) is 15.6. The van der Waals surface area contributed by atoms with Gasteiger partial charge in [0.2, 0.25) is 0 Å². The van der Waals surface area contributed by atoms with Crippen LogP contribution in [0.25, 0.3) is 0 Å². The molecule has 0 bridgehead atoms. The van der Waals surface area contributed by atoms with Crippen LogP contribution in [0.2, 0.25) is 9.36 Å². The van der Waals surface area contributed by atoms with E-state index in [4.69, 9.17) is 27.9 Å². The molecule has 0 saturated carbocycles. The smallest absolute Gasteiger partial charge is 0.124 e. The Balaban J connectivity index is 2.42. The minimum Gasteiger partial charge on any atom is -0.496 e. The van der Waals surface area contributed by atoms with Crippen LogP contribution in [0.5, 0.6) is 5.75 Å². The fourth-order valence-electron chi connectivity index (χ4n) is 2.07. The number of thiophene rings is 1. The fourth-order valence-corrected chi connectivity index (χ4v) is 3.40. The average molecular weight is 330 g/mol. The largest absolute Gasteiger partial charge is 0.496 e. The number of nitrogens with one attached hydrogen (secondary N) is 1. The van der Waals surface area contributed by atoms with Gasteiger partial charge in [-0.15, -0.1) is 11.3 Å². The Hall–Kier alpha value is -0.740. The van der Waals surface area contributed by atoms with E-state index in [-0.39, 0.29) is 6.04 Å². The molecule has 0 saturated heterocycles. The molecule has 1 atom stereocenters. The summed E-state index contributed by atoms with van der Waals surface area (Å²) in [5.41, 5.74) is 1.03. The molecule has 0 aliphatic carbocycles. The van der Waals surface area contributed by atoms with Crippen LogP contribution in [0.4, 0.5) is 0 Å². The maximum absolute atomic E-state index is 6.14. The summed E-state index contributed by atoms with van der Waals surface area (Å²) < 4.78 is 6.24. The average Bonchev–Trinajstić information content (AvgIpc) is 2.86. The molecular weight excluding hydrogens is 313 g/mol. The lowest BCUT2D eigenvalue weighted by Gasteiger charge is -2.20. The third-order valence-corrected chi connectivity index (χ3v) is 4.51. The summed E-state index contributed by atoms with van der Waals surface area (Å²) >= 11 is 13.8. The fraction of sp³-hybridized carbons (Fsp3) is 0.333. The van der Waals surface area contributed by atoms with Crippen LogP contribution >= 0.6 is 34.5 Å². The quantitative estimate of drug-likeness (QED) is 0.790. The third-order valence-electron chi connectivity index (χ3n) is 2.98. The summed E-state index contributed by atoms with van der Waals surface area (Å²) in [7, 11) is 1.67. The van der Waals surface area contributed by atoms with E-state index in [0.29, 0.717) is 5.02 Å². The van der Waals surface area contributed by atoms with Crippen LogP contribution in [-0.2, 0) is 0 Å². The molecule has 2 rings (SSSR count). The lowest BCUT2D eigenvalue weighted by Crippen LogP contribution is -2.22. The van der Waals surface area contributed by atoms with Crippen molar-refractivity contribution < 1.29 is 4.74 Å². The third kappa shape index (κ3) is 3.67. The molecule has 108 valence electrons. The zero-order chi connectivity index (χ0) is 14.5. The molecule has 2 nitrogen and oxygen atoms in total. The highest BCUT2D eigenvalue weighted by atomic mass is 35.5. The monoisotopic (exact) mass is 329 g/mol. The highest BCUT2D eigenvalue weighted by Crippen LogP contribution is 2.36. The van der Waals surface area contributed by atoms with Gasteiger partial charge in [-0.2, -0.15) is 0 Å². The molecule has 1 heterocycles. The number of halogens is 2. The van der Waals surface area contributed by atoms with Crippen molar-refractivity contribution in [3.63, 3.8) is 0 Å². The van der Waals surface area contributed by atoms with Crippen LogP contribution < -0.4 is 10.1 Å². The Labute approximate surface area is 133 Å². The number of benzene rings is 1. The molecule has 5 heteroatoms. The topological polar surface area (TPSA) is 21.3 Å². The SMILES string of the molecule is CCCNC(c1ccc(Cl)s1)c1cc(Cl)ccc1OC. The molecule has 0 aliphatic heterocycles. The van der Waals surface area contributed by atoms with Gasteiger partial charge in [0.15, 0.2) is 0 Å². The first-order valence-electron chi connectivity index (χ1n) is 6.47. The van der Waals surface area contributed by atoms with Crippen LogP contribution in [0.3, 0.4) is 0 Å². The highest BCUT2D eigenvalue weighted by Gasteiger charge is 2.19. The number of hydrogen-bond donors (Lipinski definition) is 1. The molecule has 0 amide bonds.